The summed E-state index contributed by atoms with van der Waals surface area (Å²) in [5.74, 6) is 0.0716. The number of para-hydroxylation sites is 1. The Kier molecular flexibility index (Phi) is 3.31. The number of nitrogens with two attached hydrogens (primary N) is 1. The van der Waals surface area contributed by atoms with Crippen molar-refractivity contribution in [1.82, 2.24) is 4.98 Å². The van der Waals surface area contributed by atoms with E-state index in [0.717, 1.165) is 29.2 Å². The molecule has 1 aliphatic rings. The maximum atomic E-state index is 12.3. The average molecular weight is 288 g/mol. The average Bonchev–Trinajstić information content (AvgIpc) is 3.14. The topological polar surface area (TPSA) is 80.0 Å². The Morgan fingerprint density at radius 2 is 2.15 bits per heavy atom. The van der Waals surface area contributed by atoms with Crippen LogP contribution in [0.25, 0.3) is 0 Å². The summed E-state index contributed by atoms with van der Waals surface area (Å²) in [6.45, 7) is 1.95. The van der Waals surface area contributed by atoms with Crippen molar-refractivity contribution in [2.45, 2.75) is 25.8 Å². The van der Waals surface area contributed by atoms with Crippen molar-refractivity contribution in [3.05, 3.63) is 34.7 Å². The fourth-order valence-corrected chi connectivity index (χ4v) is 2.71. The maximum absolute atomic E-state index is 12.3. The van der Waals surface area contributed by atoms with Crippen molar-refractivity contribution in [2.75, 3.05) is 16.4 Å². The van der Waals surface area contributed by atoms with Crippen LogP contribution in [0.2, 0.25) is 0 Å². The summed E-state index contributed by atoms with van der Waals surface area (Å²) < 4.78 is 0. The van der Waals surface area contributed by atoms with Gasteiger partial charge < -0.3 is 16.4 Å². The van der Waals surface area contributed by atoms with Crippen LogP contribution in [0, 0.1) is 6.92 Å². The van der Waals surface area contributed by atoms with Crippen LogP contribution in [-0.2, 0) is 0 Å². The Morgan fingerprint density at radius 1 is 1.40 bits per heavy atom. The molecule has 1 fully saturated rings. The molecule has 1 aliphatic carbocycles. The summed E-state index contributed by atoms with van der Waals surface area (Å²) in [6, 6.07) is 8.13. The molecule has 4 N–H and O–H groups in total. The van der Waals surface area contributed by atoms with Gasteiger partial charge in [0.25, 0.3) is 5.91 Å². The summed E-state index contributed by atoms with van der Waals surface area (Å²) >= 11 is 1.30. The van der Waals surface area contributed by atoms with Crippen LogP contribution in [0.1, 0.15) is 28.1 Å². The summed E-state index contributed by atoms with van der Waals surface area (Å²) in [4.78, 5) is 16.9. The number of thiazole rings is 1. The second-order valence-electron chi connectivity index (χ2n) is 4.92. The first kappa shape index (κ1) is 12.9. The van der Waals surface area contributed by atoms with Crippen LogP contribution in [-0.4, -0.2) is 16.9 Å². The Labute approximate surface area is 121 Å². The van der Waals surface area contributed by atoms with Crippen molar-refractivity contribution in [3.63, 3.8) is 0 Å². The lowest BCUT2D eigenvalue weighted by atomic mass is 10.2. The molecule has 0 unspecified atom stereocenters. The molecular formula is C14H16N4OS. The number of rotatable bonds is 4. The molecular weight excluding hydrogens is 272 g/mol. The highest BCUT2D eigenvalue weighted by Gasteiger charge is 2.24. The van der Waals surface area contributed by atoms with E-state index in [2.05, 4.69) is 15.6 Å². The number of aromatic nitrogens is 1. The van der Waals surface area contributed by atoms with Gasteiger partial charge >= 0.3 is 0 Å². The zero-order valence-electron chi connectivity index (χ0n) is 11.1. The summed E-state index contributed by atoms with van der Waals surface area (Å²) in [6.07, 6.45) is 2.31. The molecule has 0 atom stereocenters. The molecule has 104 valence electrons. The highest BCUT2D eigenvalue weighted by molar-refractivity contribution is 7.18. The van der Waals surface area contributed by atoms with Crippen molar-refractivity contribution in [1.29, 1.82) is 0 Å². The summed E-state index contributed by atoms with van der Waals surface area (Å²) in [5, 5.41) is 6.85. The molecule has 1 saturated carbocycles. The van der Waals surface area contributed by atoms with Gasteiger partial charge in [-0.1, -0.05) is 29.5 Å². The minimum absolute atomic E-state index is 0.210. The first-order valence-corrected chi connectivity index (χ1v) is 7.35. The van der Waals surface area contributed by atoms with Crippen molar-refractivity contribution in [3.8, 4) is 0 Å². The van der Waals surface area contributed by atoms with E-state index in [1.807, 2.05) is 31.2 Å². The Balaban J connectivity index is 1.76. The molecule has 0 radical (unpaired) electrons. The van der Waals surface area contributed by atoms with Gasteiger partial charge in [-0.2, -0.15) is 0 Å². The second-order valence-corrected chi connectivity index (χ2v) is 5.92. The molecule has 1 heterocycles. The van der Waals surface area contributed by atoms with Gasteiger partial charge in [-0.05, 0) is 31.4 Å². The molecule has 5 nitrogen and oxygen atoms in total. The van der Waals surface area contributed by atoms with Gasteiger partial charge in [-0.3, -0.25) is 4.79 Å². The smallest absolute Gasteiger partial charge is 0.269 e. The van der Waals surface area contributed by atoms with Crippen LogP contribution in [0.15, 0.2) is 24.3 Å². The van der Waals surface area contributed by atoms with Gasteiger partial charge in [0.1, 0.15) is 10.7 Å². The highest BCUT2D eigenvalue weighted by atomic mass is 32.1. The van der Waals surface area contributed by atoms with E-state index in [-0.39, 0.29) is 11.7 Å². The number of nitrogen functional groups attached to an aromatic ring is 1. The molecule has 6 heteroatoms. The molecule has 0 spiro atoms. The molecule has 0 saturated heterocycles. The zero-order valence-corrected chi connectivity index (χ0v) is 12.0. The lowest BCUT2D eigenvalue weighted by molar-refractivity contribution is 0.103. The normalized spacial score (nSPS) is 14.1. The minimum atomic E-state index is -0.210. The van der Waals surface area contributed by atoms with Crippen LogP contribution in [0.5, 0.6) is 0 Å². The monoisotopic (exact) mass is 288 g/mol. The van der Waals surface area contributed by atoms with E-state index < -0.39 is 0 Å². The van der Waals surface area contributed by atoms with E-state index in [9.17, 15) is 4.79 Å². The quantitative estimate of drug-likeness (QED) is 0.808. The third-order valence-electron chi connectivity index (χ3n) is 3.16. The van der Waals surface area contributed by atoms with Crippen molar-refractivity contribution >= 4 is 33.9 Å². The first-order chi connectivity index (χ1) is 9.63. The van der Waals surface area contributed by atoms with Crippen LogP contribution in [0.3, 0.4) is 0 Å². The molecule has 20 heavy (non-hydrogen) atoms. The third-order valence-corrected chi connectivity index (χ3v) is 4.16. The predicted octanol–water partition coefficient (Wildman–Crippen LogP) is 2.86. The Morgan fingerprint density at radius 3 is 2.85 bits per heavy atom. The molecule has 1 amide bonds. The van der Waals surface area contributed by atoms with E-state index in [4.69, 9.17) is 5.73 Å². The predicted molar refractivity (Wildman–Crippen MR) is 82.3 cm³/mol. The van der Waals surface area contributed by atoms with Gasteiger partial charge in [0.2, 0.25) is 0 Å². The van der Waals surface area contributed by atoms with Gasteiger partial charge in [0.15, 0.2) is 5.13 Å². The lowest BCUT2D eigenvalue weighted by Crippen LogP contribution is -2.12. The number of benzene rings is 1. The third kappa shape index (κ3) is 2.75. The maximum Gasteiger partial charge on any atom is 0.269 e. The number of aryl methyl sites for hydroxylation is 1. The number of hydrogen-bond acceptors (Lipinski definition) is 5. The van der Waals surface area contributed by atoms with Gasteiger partial charge in [-0.25, -0.2) is 4.98 Å². The van der Waals surface area contributed by atoms with Gasteiger partial charge in [0.05, 0.1) is 0 Å². The van der Waals surface area contributed by atoms with Crippen molar-refractivity contribution < 1.29 is 4.79 Å². The molecule has 3 rings (SSSR count). The minimum Gasteiger partial charge on any atom is -0.382 e. The number of anilines is 3. The molecule has 0 bridgehead atoms. The van der Waals surface area contributed by atoms with E-state index in [0.29, 0.717) is 10.9 Å². The number of carbonyl (C=O) groups excluding carboxylic acids is 1. The standard InChI is InChI=1S/C14H16N4OS/c1-8-4-2-3-5-10(8)17-13(19)11-12(15)18-14(20-11)16-9-6-7-9/h2-5,9H,6-7,15H2,1H3,(H,16,18)(H,17,19). The number of carbonyl (C=O) groups is 1. The molecule has 1 aromatic carbocycles. The van der Waals surface area contributed by atoms with Crippen molar-refractivity contribution in [2.24, 2.45) is 0 Å². The number of hydrogen-bond donors (Lipinski definition) is 3. The van der Waals surface area contributed by atoms with Crippen LogP contribution in [0.4, 0.5) is 16.6 Å². The number of amides is 1. The fourth-order valence-electron chi connectivity index (χ4n) is 1.85. The number of nitrogens with one attached hydrogen (secondary N) is 2. The first-order valence-electron chi connectivity index (χ1n) is 6.53. The fraction of sp³-hybridized carbons (Fsp3) is 0.286. The molecule has 0 aliphatic heterocycles. The lowest BCUT2D eigenvalue weighted by Gasteiger charge is -2.06. The SMILES string of the molecule is Cc1ccccc1NC(=O)c1sc(NC2CC2)nc1N. The van der Waals surface area contributed by atoms with Gasteiger partial charge in [0, 0.05) is 11.7 Å². The van der Waals surface area contributed by atoms with E-state index in [1.165, 1.54) is 11.3 Å². The Hall–Kier alpha value is -2.08. The van der Waals surface area contributed by atoms with Gasteiger partial charge in [-0.15, -0.1) is 0 Å². The van der Waals surface area contributed by atoms with Crippen LogP contribution >= 0.6 is 11.3 Å². The summed E-state index contributed by atoms with van der Waals surface area (Å²) in [7, 11) is 0. The largest absolute Gasteiger partial charge is 0.382 e. The summed E-state index contributed by atoms with van der Waals surface area (Å²) in [5.41, 5.74) is 7.64. The molecule has 1 aromatic heterocycles. The number of nitrogens with zero attached hydrogens (tertiary/aromatic N) is 1. The second kappa shape index (κ2) is 5.13. The van der Waals surface area contributed by atoms with Crippen LogP contribution < -0.4 is 16.4 Å². The zero-order chi connectivity index (χ0) is 14.1. The molecule has 2 aromatic rings. The van der Waals surface area contributed by atoms with E-state index in [1.54, 1.807) is 0 Å². The highest BCUT2D eigenvalue weighted by Crippen LogP contribution is 2.31. The Bertz CT molecular complexity index is 648. The van der Waals surface area contributed by atoms with E-state index >= 15 is 0 Å².